The van der Waals surface area contributed by atoms with Crippen LogP contribution < -0.4 is 10.3 Å². The summed E-state index contributed by atoms with van der Waals surface area (Å²) < 4.78 is 65.6. The van der Waals surface area contributed by atoms with Gasteiger partial charge in [-0.25, -0.2) is 18.1 Å². The van der Waals surface area contributed by atoms with Crippen molar-refractivity contribution in [3.8, 4) is 0 Å². The van der Waals surface area contributed by atoms with E-state index in [9.17, 15) is 26.4 Å². The fraction of sp³-hybridized carbons (Fsp3) is 0.467. The molecule has 1 aliphatic carbocycles. The number of hydrogen-bond acceptors (Lipinski definition) is 4. The molecule has 3 rings (SSSR count). The van der Waals surface area contributed by atoms with Gasteiger partial charge in [-0.05, 0) is 31.0 Å². The van der Waals surface area contributed by atoms with Crippen molar-refractivity contribution < 1.29 is 21.6 Å². The van der Waals surface area contributed by atoms with E-state index in [0.717, 1.165) is 50.3 Å². The summed E-state index contributed by atoms with van der Waals surface area (Å²) in [7, 11) is -3.86. The minimum absolute atomic E-state index is 0.168. The Morgan fingerprint density at radius 3 is 2.48 bits per heavy atom. The van der Waals surface area contributed by atoms with E-state index < -0.39 is 27.6 Å². The number of aromatic amines is 1. The van der Waals surface area contributed by atoms with E-state index in [1.807, 2.05) is 0 Å². The molecule has 0 aliphatic heterocycles. The highest BCUT2D eigenvalue weighted by molar-refractivity contribution is 7.89. The Balaban J connectivity index is 1.98. The summed E-state index contributed by atoms with van der Waals surface area (Å²) in [6.07, 6.45) is -0.366. The third kappa shape index (κ3) is 3.84. The van der Waals surface area contributed by atoms with Gasteiger partial charge in [0.2, 0.25) is 15.8 Å². The van der Waals surface area contributed by atoms with E-state index >= 15 is 0 Å². The molecule has 0 saturated heterocycles. The lowest BCUT2D eigenvalue weighted by atomic mass is 9.96. The number of nitrogens with one attached hydrogen (secondary N) is 2. The Morgan fingerprint density at radius 1 is 1.16 bits per heavy atom. The molecule has 6 nitrogen and oxygen atoms in total. The highest BCUT2D eigenvalue weighted by atomic mass is 32.2. The molecule has 0 amide bonds. The third-order valence-corrected chi connectivity index (χ3v) is 5.70. The number of nitrogens with zero attached hydrogens (tertiary/aromatic N) is 1. The minimum Gasteiger partial charge on any atom is -0.302 e. The van der Waals surface area contributed by atoms with Gasteiger partial charge in [-0.3, -0.25) is 4.79 Å². The lowest BCUT2D eigenvalue weighted by molar-refractivity contribution is -0.144. The number of hydrogen-bond donors (Lipinski definition) is 2. The van der Waals surface area contributed by atoms with Crippen LogP contribution in [0.5, 0.6) is 0 Å². The maximum absolute atomic E-state index is 12.7. The van der Waals surface area contributed by atoms with Crippen molar-refractivity contribution in [3.05, 3.63) is 34.4 Å². The molecule has 0 radical (unpaired) electrons. The fourth-order valence-electron chi connectivity index (χ4n) is 2.93. The summed E-state index contributed by atoms with van der Waals surface area (Å²) in [5, 5.41) is -0.209. The van der Waals surface area contributed by atoms with Gasteiger partial charge in [0.25, 0.3) is 5.56 Å². The maximum Gasteiger partial charge on any atom is 0.449 e. The zero-order valence-electron chi connectivity index (χ0n) is 13.1. The zero-order valence-corrected chi connectivity index (χ0v) is 13.9. The molecular formula is C15H16F3N3O3S. The van der Waals surface area contributed by atoms with E-state index in [4.69, 9.17) is 0 Å². The predicted molar refractivity (Wildman–Crippen MR) is 84.6 cm³/mol. The quantitative estimate of drug-likeness (QED) is 0.862. The van der Waals surface area contributed by atoms with Crippen LogP contribution in [0, 0.1) is 0 Å². The number of rotatable bonds is 3. The highest BCUT2D eigenvalue weighted by Crippen LogP contribution is 2.26. The first kappa shape index (κ1) is 17.9. The number of aromatic nitrogens is 2. The van der Waals surface area contributed by atoms with Crippen molar-refractivity contribution in [3.63, 3.8) is 0 Å². The molecule has 2 N–H and O–H groups in total. The minimum atomic E-state index is -4.79. The average molecular weight is 375 g/mol. The molecule has 25 heavy (non-hydrogen) atoms. The smallest absolute Gasteiger partial charge is 0.302 e. The van der Waals surface area contributed by atoms with Gasteiger partial charge in [0.15, 0.2) is 0 Å². The standard InChI is InChI=1S/C15H16F3N3O3S/c16-15(17,18)14-19-12-7-6-10(8-11(12)13(22)20-14)25(23,24)21-9-4-2-1-3-5-9/h6-9,21H,1-5H2,(H,19,20,22). The Hall–Kier alpha value is -1.94. The first-order valence-corrected chi connectivity index (χ1v) is 9.29. The second-order valence-electron chi connectivity index (χ2n) is 6.05. The number of alkyl halides is 3. The summed E-state index contributed by atoms with van der Waals surface area (Å²) in [6, 6.07) is 3.14. The predicted octanol–water partition coefficient (Wildman–Crippen LogP) is 2.55. The normalized spacial score (nSPS) is 17.1. The highest BCUT2D eigenvalue weighted by Gasteiger charge is 2.34. The fourth-order valence-corrected chi connectivity index (χ4v) is 4.26. The molecule has 10 heteroatoms. The molecule has 1 aromatic carbocycles. The summed E-state index contributed by atoms with van der Waals surface area (Å²) in [5.41, 5.74) is -1.25. The molecule has 1 saturated carbocycles. The van der Waals surface area contributed by atoms with Gasteiger partial charge in [0, 0.05) is 6.04 Å². The Labute approximate surface area is 141 Å². The molecule has 1 fully saturated rings. The summed E-state index contributed by atoms with van der Waals surface area (Å²) in [4.78, 5) is 16.7. The second-order valence-corrected chi connectivity index (χ2v) is 7.76. The van der Waals surface area contributed by atoms with E-state index in [1.165, 1.54) is 0 Å². The van der Waals surface area contributed by atoms with Gasteiger partial charge in [-0.2, -0.15) is 13.2 Å². The number of sulfonamides is 1. The molecule has 1 aromatic heterocycles. The van der Waals surface area contributed by atoms with Gasteiger partial charge in [-0.15, -0.1) is 0 Å². The van der Waals surface area contributed by atoms with Gasteiger partial charge in [0.05, 0.1) is 15.8 Å². The van der Waals surface area contributed by atoms with Crippen molar-refractivity contribution >= 4 is 20.9 Å². The first-order chi connectivity index (χ1) is 11.7. The van der Waals surface area contributed by atoms with Gasteiger partial charge < -0.3 is 4.98 Å². The molecule has 0 bridgehead atoms. The number of benzene rings is 1. The van der Waals surface area contributed by atoms with E-state index in [0.29, 0.717) is 0 Å². The molecule has 136 valence electrons. The first-order valence-electron chi connectivity index (χ1n) is 7.80. The van der Waals surface area contributed by atoms with Gasteiger partial charge in [-0.1, -0.05) is 19.3 Å². The monoisotopic (exact) mass is 375 g/mol. The molecule has 0 unspecified atom stereocenters. The Kier molecular flexibility index (Phi) is 4.58. The lowest BCUT2D eigenvalue weighted by Gasteiger charge is -2.22. The van der Waals surface area contributed by atoms with Crippen LogP contribution in [0.25, 0.3) is 10.9 Å². The van der Waals surface area contributed by atoms with Crippen molar-refractivity contribution in [1.29, 1.82) is 0 Å². The van der Waals surface area contributed by atoms with Gasteiger partial charge in [0.1, 0.15) is 0 Å². The van der Waals surface area contributed by atoms with Crippen LogP contribution in [0.3, 0.4) is 0 Å². The summed E-state index contributed by atoms with van der Waals surface area (Å²) in [6.45, 7) is 0. The average Bonchev–Trinajstić information content (AvgIpc) is 2.54. The molecule has 0 spiro atoms. The van der Waals surface area contributed by atoms with Crippen LogP contribution in [-0.4, -0.2) is 24.4 Å². The van der Waals surface area contributed by atoms with E-state index in [1.54, 1.807) is 4.98 Å². The topological polar surface area (TPSA) is 91.9 Å². The molecular weight excluding hydrogens is 359 g/mol. The van der Waals surface area contributed by atoms with E-state index in [2.05, 4.69) is 9.71 Å². The van der Waals surface area contributed by atoms with Crippen molar-refractivity contribution in [2.75, 3.05) is 0 Å². The number of H-pyrrole nitrogens is 1. The van der Waals surface area contributed by atoms with Crippen molar-refractivity contribution in [2.45, 2.75) is 49.2 Å². The van der Waals surface area contributed by atoms with Crippen LogP contribution in [0.2, 0.25) is 0 Å². The van der Waals surface area contributed by atoms with Crippen molar-refractivity contribution in [2.24, 2.45) is 0 Å². The van der Waals surface area contributed by atoms with E-state index in [-0.39, 0.29) is 21.8 Å². The van der Waals surface area contributed by atoms with Crippen LogP contribution in [0.1, 0.15) is 37.9 Å². The molecule has 1 aliphatic rings. The second kappa shape index (κ2) is 6.41. The van der Waals surface area contributed by atoms with Crippen LogP contribution in [0.15, 0.2) is 27.9 Å². The molecule has 0 atom stereocenters. The summed E-state index contributed by atoms with van der Waals surface area (Å²) >= 11 is 0. The molecule has 2 aromatic rings. The molecule has 1 heterocycles. The van der Waals surface area contributed by atoms with Gasteiger partial charge >= 0.3 is 6.18 Å². The Morgan fingerprint density at radius 2 is 1.84 bits per heavy atom. The number of halogens is 3. The third-order valence-electron chi connectivity index (χ3n) is 4.18. The SMILES string of the molecule is O=c1[nH]c(C(F)(F)F)nc2ccc(S(=O)(=O)NC3CCCCC3)cc12. The van der Waals surface area contributed by atoms with Crippen molar-refractivity contribution in [1.82, 2.24) is 14.7 Å². The lowest BCUT2D eigenvalue weighted by Crippen LogP contribution is -2.36. The number of fused-ring (bicyclic) bond motifs is 1. The van der Waals surface area contributed by atoms with Crippen LogP contribution >= 0.6 is 0 Å². The van der Waals surface area contributed by atoms with Crippen LogP contribution in [-0.2, 0) is 16.2 Å². The largest absolute Gasteiger partial charge is 0.449 e. The maximum atomic E-state index is 12.7. The van der Waals surface area contributed by atoms with Crippen LogP contribution in [0.4, 0.5) is 13.2 Å². The zero-order chi connectivity index (χ0) is 18.2. The summed E-state index contributed by atoms with van der Waals surface area (Å²) in [5.74, 6) is -1.42. The Bertz CT molecular complexity index is 948.